The van der Waals surface area contributed by atoms with Crippen molar-refractivity contribution in [3.63, 3.8) is 0 Å². The van der Waals surface area contributed by atoms with Gasteiger partial charge in [-0.05, 0) is 81.8 Å². The highest BCUT2D eigenvalue weighted by Gasteiger charge is 2.60. The van der Waals surface area contributed by atoms with Crippen LogP contribution in [0.4, 0.5) is 0 Å². The van der Waals surface area contributed by atoms with E-state index in [0.717, 1.165) is 6.42 Å². The van der Waals surface area contributed by atoms with Gasteiger partial charge in [0.15, 0.2) is 0 Å². The first kappa shape index (κ1) is 28.4. The summed E-state index contributed by atoms with van der Waals surface area (Å²) in [5.74, 6) is 0.505. The zero-order valence-corrected chi connectivity index (χ0v) is 24.7. The summed E-state index contributed by atoms with van der Waals surface area (Å²) in [5, 5.41) is 10.0. The van der Waals surface area contributed by atoms with Crippen LogP contribution in [0.2, 0.25) is 16.6 Å². The maximum Gasteiger partial charge on any atom is 0.200 e. The summed E-state index contributed by atoms with van der Waals surface area (Å²) >= 11 is 0. The first-order valence-electron chi connectivity index (χ1n) is 14.7. The Labute approximate surface area is 212 Å². The van der Waals surface area contributed by atoms with Crippen LogP contribution in [0.25, 0.3) is 0 Å². The van der Waals surface area contributed by atoms with Crippen LogP contribution in [0.1, 0.15) is 126 Å². The molecule has 0 saturated heterocycles. The Balaban J connectivity index is 2.05. The van der Waals surface area contributed by atoms with E-state index in [1.807, 2.05) is 6.92 Å². The molecule has 0 aromatic heterocycles. The third kappa shape index (κ3) is 5.71. The van der Waals surface area contributed by atoms with Gasteiger partial charge in [-0.3, -0.25) is 0 Å². The smallest absolute Gasteiger partial charge is 0.200 e. The van der Waals surface area contributed by atoms with Gasteiger partial charge in [-0.25, -0.2) is 0 Å². The van der Waals surface area contributed by atoms with E-state index in [-0.39, 0.29) is 23.7 Å². The van der Waals surface area contributed by atoms with Gasteiger partial charge in [-0.15, -0.1) is 0 Å². The number of hydrogen-bond donors (Lipinski definition) is 1. The van der Waals surface area contributed by atoms with Gasteiger partial charge in [-0.1, -0.05) is 72.5 Å². The summed E-state index contributed by atoms with van der Waals surface area (Å²) in [7, 11) is -2.03. The molecule has 3 aliphatic rings. The molecule has 0 aromatic rings. The lowest BCUT2D eigenvalue weighted by Gasteiger charge is -2.51. The fourth-order valence-electron chi connectivity index (χ4n) is 8.37. The van der Waals surface area contributed by atoms with Gasteiger partial charge >= 0.3 is 0 Å². The molecule has 1 spiro atoms. The quantitative estimate of drug-likeness (QED) is 0.245. The van der Waals surface area contributed by atoms with Gasteiger partial charge in [0.2, 0.25) is 8.32 Å². The van der Waals surface area contributed by atoms with Crippen molar-refractivity contribution in [2.45, 2.75) is 167 Å². The third-order valence-electron chi connectivity index (χ3n) is 9.74. The van der Waals surface area contributed by atoms with Crippen LogP contribution < -0.4 is 0 Å². The van der Waals surface area contributed by atoms with Crippen molar-refractivity contribution < 1.29 is 14.3 Å². The van der Waals surface area contributed by atoms with Crippen molar-refractivity contribution in [3.8, 4) is 0 Å². The van der Waals surface area contributed by atoms with E-state index in [9.17, 15) is 5.11 Å². The standard InChI is InChI=1S/C30H56O3Si/c1-21(2)34(22(3)4,23(5)6)33-29-27(26-15-11-9-12-16-26)20-28(32-25(8)19-24(7)31)30(29)17-13-10-14-18-30/h15,21-25,27-29,31H,9-14,16-20H2,1-8H3/t24-,25+,27-,28-,29-/m0/s1. The minimum Gasteiger partial charge on any atom is -0.412 e. The molecule has 0 radical (unpaired) electrons. The lowest BCUT2D eigenvalue weighted by atomic mass is 9.68. The largest absolute Gasteiger partial charge is 0.412 e. The molecule has 0 unspecified atom stereocenters. The monoisotopic (exact) mass is 492 g/mol. The summed E-state index contributed by atoms with van der Waals surface area (Å²) < 4.78 is 14.7. The average molecular weight is 493 g/mol. The highest BCUT2D eigenvalue weighted by Crippen LogP contribution is 2.59. The van der Waals surface area contributed by atoms with Gasteiger partial charge < -0.3 is 14.3 Å². The molecule has 34 heavy (non-hydrogen) atoms. The number of aliphatic hydroxyl groups is 1. The zero-order valence-electron chi connectivity index (χ0n) is 23.7. The maximum absolute atomic E-state index is 10.0. The van der Waals surface area contributed by atoms with E-state index < -0.39 is 8.32 Å². The molecule has 0 amide bonds. The molecule has 3 aliphatic carbocycles. The van der Waals surface area contributed by atoms with E-state index >= 15 is 0 Å². The van der Waals surface area contributed by atoms with Crippen molar-refractivity contribution in [2.75, 3.05) is 0 Å². The van der Waals surface area contributed by atoms with E-state index in [4.69, 9.17) is 9.16 Å². The first-order chi connectivity index (χ1) is 16.0. The van der Waals surface area contributed by atoms with Crippen LogP contribution in [-0.4, -0.2) is 37.8 Å². The minimum absolute atomic E-state index is 0.0887. The molecule has 0 heterocycles. The van der Waals surface area contributed by atoms with Gasteiger partial charge in [-0.2, -0.15) is 0 Å². The normalized spacial score (nSPS) is 29.8. The summed E-state index contributed by atoms with van der Waals surface area (Å²) in [6.45, 7) is 18.7. The molecule has 5 atom stereocenters. The maximum atomic E-state index is 10.0. The molecule has 0 aromatic carbocycles. The van der Waals surface area contributed by atoms with Crippen LogP contribution in [-0.2, 0) is 9.16 Å². The Bertz CT molecular complexity index is 640. The predicted octanol–water partition coefficient (Wildman–Crippen LogP) is 8.56. The van der Waals surface area contributed by atoms with Crippen molar-refractivity contribution >= 4 is 8.32 Å². The number of ether oxygens (including phenoxy) is 1. The van der Waals surface area contributed by atoms with Gasteiger partial charge in [0.05, 0.1) is 24.4 Å². The van der Waals surface area contributed by atoms with Gasteiger partial charge in [0, 0.05) is 11.3 Å². The zero-order chi connectivity index (χ0) is 25.1. The molecule has 2 fully saturated rings. The molecular weight excluding hydrogens is 436 g/mol. The Morgan fingerprint density at radius 2 is 1.53 bits per heavy atom. The molecule has 3 rings (SSSR count). The molecule has 3 nitrogen and oxygen atoms in total. The molecule has 4 heteroatoms. The fraction of sp³-hybridized carbons (Fsp3) is 0.933. The van der Waals surface area contributed by atoms with Crippen LogP contribution in [0.3, 0.4) is 0 Å². The van der Waals surface area contributed by atoms with Crippen LogP contribution in [0.5, 0.6) is 0 Å². The lowest BCUT2D eigenvalue weighted by Crippen LogP contribution is -2.55. The minimum atomic E-state index is -2.03. The highest BCUT2D eigenvalue weighted by atomic mass is 28.4. The fourth-order valence-corrected chi connectivity index (χ4v) is 14.0. The molecule has 1 N–H and O–H groups in total. The summed E-state index contributed by atoms with van der Waals surface area (Å²) in [6, 6.07) is 0. The molecular formula is C30H56O3Si. The molecule has 0 bridgehead atoms. The van der Waals surface area contributed by atoms with Crippen LogP contribution in [0.15, 0.2) is 11.6 Å². The van der Waals surface area contributed by atoms with E-state index in [0.29, 0.717) is 35.1 Å². The van der Waals surface area contributed by atoms with E-state index in [1.165, 1.54) is 57.8 Å². The molecule has 0 aliphatic heterocycles. The predicted molar refractivity (Wildman–Crippen MR) is 147 cm³/mol. The van der Waals surface area contributed by atoms with Crippen molar-refractivity contribution in [2.24, 2.45) is 11.3 Å². The summed E-state index contributed by atoms with van der Waals surface area (Å²) in [5.41, 5.74) is 3.61. The Kier molecular flexibility index (Phi) is 9.96. The Morgan fingerprint density at radius 1 is 0.912 bits per heavy atom. The van der Waals surface area contributed by atoms with Gasteiger partial charge in [0.25, 0.3) is 0 Å². The van der Waals surface area contributed by atoms with Crippen molar-refractivity contribution in [1.82, 2.24) is 0 Å². The van der Waals surface area contributed by atoms with Crippen LogP contribution >= 0.6 is 0 Å². The van der Waals surface area contributed by atoms with Gasteiger partial charge in [0.1, 0.15) is 0 Å². The Morgan fingerprint density at radius 3 is 2.03 bits per heavy atom. The summed E-state index contributed by atoms with van der Waals surface area (Å²) in [6.07, 6.45) is 16.3. The number of allylic oxidation sites excluding steroid dienone is 1. The molecule has 198 valence electrons. The molecule has 2 saturated carbocycles. The Hall–Kier alpha value is -0.163. The van der Waals surface area contributed by atoms with E-state index in [1.54, 1.807) is 5.57 Å². The SMILES string of the molecule is CC(C)[Si](O[C@H]1[C@H](C2=CCCCC2)C[C@H](O[C@H](C)C[C@H](C)O)C12CCCCC2)(C(C)C)C(C)C. The summed E-state index contributed by atoms with van der Waals surface area (Å²) in [4.78, 5) is 0. The number of aliphatic hydroxyl groups excluding tert-OH is 1. The first-order valence-corrected chi connectivity index (χ1v) is 16.9. The van der Waals surface area contributed by atoms with Crippen molar-refractivity contribution in [1.29, 1.82) is 0 Å². The second-order valence-electron chi connectivity index (χ2n) is 13.0. The number of hydrogen-bond acceptors (Lipinski definition) is 3. The third-order valence-corrected chi connectivity index (χ3v) is 15.8. The second-order valence-corrected chi connectivity index (χ2v) is 18.4. The number of rotatable bonds is 10. The topological polar surface area (TPSA) is 38.7 Å². The van der Waals surface area contributed by atoms with Crippen molar-refractivity contribution in [3.05, 3.63) is 11.6 Å². The highest BCUT2D eigenvalue weighted by molar-refractivity contribution is 6.77. The second kappa shape index (κ2) is 11.9. The van der Waals surface area contributed by atoms with E-state index in [2.05, 4.69) is 54.5 Å². The van der Waals surface area contributed by atoms with Crippen LogP contribution in [0, 0.1) is 11.3 Å². The average Bonchev–Trinajstić information content (AvgIpc) is 3.03. The lowest BCUT2D eigenvalue weighted by molar-refractivity contribution is -0.112.